The molecule has 0 aromatic heterocycles. The van der Waals surface area contributed by atoms with Crippen molar-refractivity contribution < 1.29 is 9.90 Å². The number of nitrogens with two attached hydrogens (primary N) is 1. The quantitative estimate of drug-likeness (QED) is 0.616. The van der Waals surface area contributed by atoms with Gasteiger partial charge in [-0.25, -0.2) is 0 Å². The van der Waals surface area contributed by atoms with Gasteiger partial charge in [0.2, 0.25) is 5.91 Å². The first kappa shape index (κ1) is 9.86. The molecular weight excluding hydrogens is 200 g/mol. The molecule has 4 nitrogen and oxygen atoms in total. The monoisotopic (exact) mass is 214 g/mol. The lowest BCUT2D eigenvalue weighted by Gasteiger charge is -2.21. The molecule has 3 N–H and O–H groups in total. The minimum atomic E-state index is -0.556. The van der Waals surface area contributed by atoms with E-state index in [1.165, 1.54) is 0 Å². The predicted octanol–water partition coefficient (Wildman–Crippen LogP) is -0.354. The number of hydrogen-bond donors (Lipinski definition) is 2. The molecule has 1 saturated carbocycles. The molecule has 2 aliphatic rings. The maximum atomic E-state index is 12.0. The molecule has 78 valence electrons. The number of amides is 1. The lowest BCUT2D eigenvalue weighted by Crippen LogP contribution is -2.41. The van der Waals surface area contributed by atoms with Crippen molar-refractivity contribution in [3.63, 3.8) is 0 Å². The van der Waals surface area contributed by atoms with Crippen LogP contribution in [0.25, 0.3) is 0 Å². The van der Waals surface area contributed by atoms with E-state index in [0.717, 1.165) is 12.8 Å². The summed E-state index contributed by atoms with van der Waals surface area (Å²) in [5.41, 5.74) is 5.00. The highest BCUT2D eigenvalue weighted by molar-refractivity contribution is 7.80. The average Bonchev–Trinajstić information content (AvgIpc) is 2.84. The van der Waals surface area contributed by atoms with Gasteiger partial charge in [-0.1, -0.05) is 12.2 Å². The van der Waals surface area contributed by atoms with E-state index in [2.05, 4.69) is 0 Å². The Morgan fingerprint density at radius 2 is 2.21 bits per heavy atom. The number of carbonyl (C=O) groups is 1. The van der Waals surface area contributed by atoms with Crippen molar-refractivity contribution in [2.45, 2.75) is 25.4 Å². The molecule has 0 aromatic carbocycles. The fourth-order valence-corrected chi connectivity index (χ4v) is 2.21. The molecule has 0 aromatic rings. The second-order valence-electron chi connectivity index (χ2n) is 4.14. The second kappa shape index (κ2) is 3.17. The Labute approximate surface area is 88.1 Å². The van der Waals surface area contributed by atoms with Gasteiger partial charge in [-0.05, 0) is 19.3 Å². The number of thiocarbonyl (C=S) groups is 1. The Balaban J connectivity index is 2.06. The van der Waals surface area contributed by atoms with Crippen LogP contribution in [-0.2, 0) is 4.79 Å². The lowest BCUT2D eigenvalue weighted by molar-refractivity contribution is -0.133. The topological polar surface area (TPSA) is 66.6 Å². The smallest absolute Gasteiger partial charge is 0.235 e. The van der Waals surface area contributed by atoms with E-state index in [1.54, 1.807) is 4.90 Å². The third-order valence-electron chi connectivity index (χ3n) is 3.08. The van der Waals surface area contributed by atoms with Crippen LogP contribution >= 0.6 is 12.2 Å². The Bertz CT molecular complexity index is 289. The van der Waals surface area contributed by atoms with Gasteiger partial charge in [-0.2, -0.15) is 0 Å². The lowest BCUT2D eigenvalue weighted by atomic mass is 10.1. The SMILES string of the molecule is NC(=S)C1(C(=O)N2CCC(O)C2)CC1. The third kappa shape index (κ3) is 1.40. The van der Waals surface area contributed by atoms with Crippen molar-refractivity contribution in [2.75, 3.05) is 13.1 Å². The minimum absolute atomic E-state index is 0.0153. The molecule has 1 unspecified atom stereocenters. The first-order valence-electron chi connectivity index (χ1n) is 4.83. The zero-order valence-corrected chi connectivity index (χ0v) is 8.72. The van der Waals surface area contributed by atoms with Crippen molar-refractivity contribution >= 4 is 23.1 Å². The maximum Gasteiger partial charge on any atom is 0.235 e. The van der Waals surface area contributed by atoms with Gasteiger partial charge in [0, 0.05) is 13.1 Å². The maximum absolute atomic E-state index is 12.0. The summed E-state index contributed by atoms with van der Waals surface area (Å²) in [4.78, 5) is 14.0. The van der Waals surface area contributed by atoms with Gasteiger partial charge in [0.15, 0.2) is 0 Å². The summed E-state index contributed by atoms with van der Waals surface area (Å²) in [5.74, 6) is 0.0153. The number of rotatable bonds is 2. The van der Waals surface area contributed by atoms with Crippen molar-refractivity contribution in [2.24, 2.45) is 11.1 Å². The standard InChI is InChI=1S/C9H14N2O2S/c10-7(14)9(2-3-9)8(13)11-4-1-6(12)5-11/h6,12H,1-5H2,(H2,10,14). The fourth-order valence-electron chi connectivity index (χ4n) is 1.92. The van der Waals surface area contributed by atoms with Gasteiger partial charge in [0.25, 0.3) is 0 Å². The van der Waals surface area contributed by atoms with Crippen LogP contribution in [0, 0.1) is 5.41 Å². The van der Waals surface area contributed by atoms with Gasteiger partial charge in [-0.3, -0.25) is 4.79 Å². The van der Waals surface area contributed by atoms with E-state index in [9.17, 15) is 9.90 Å². The van der Waals surface area contributed by atoms with Crippen LogP contribution in [0.1, 0.15) is 19.3 Å². The first-order chi connectivity index (χ1) is 6.56. The van der Waals surface area contributed by atoms with Gasteiger partial charge in [0.05, 0.1) is 16.5 Å². The summed E-state index contributed by atoms with van der Waals surface area (Å²) in [6.45, 7) is 1.06. The Morgan fingerprint density at radius 1 is 1.57 bits per heavy atom. The average molecular weight is 214 g/mol. The van der Waals surface area contributed by atoms with Crippen LogP contribution < -0.4 is 5.73 Å². The second-order valence-corrected chi connectivity index (χ2v) is 4.58. The van der Waals surface area contributed by atoms with Crippen LogP contribution in [0.5, 0.6) is 0 Å². The normalized spacial score (nSPS) is 28.9. The summed E-state index contributed by atoms with van der Waals surface area (Å²) in [5, 5.41) is 9.32. The van der Waals surface area contributed by atoms with Gasteiger partial charge >= 0.3 is 0 Å². The number of nitrogens with zero attached hydrogens (tertiary/aromatic N) is 1. The highest BCUT2D eigenvalue weighted by Gasteiger charge is 2.55. The van der Waals surface area contributed by atoms with Crippen LogP contribution in [0.2, 0.25) is 0 Å². The summed E-state index contributed by atoms with van der Waals surface area (Å²) in [6.07, 6.45) is 1.84. The number of β-amino-alcohol motifs (C(OH)–C–C–N with tert-alkyl or cyclic N) is 1. The highest BCUT2D eigenvalue weighted by Crippen LogP contribution is 2.47. The minimum Gasteiger partial charge on any atom is -0.392 e. The molecule has 14 heavy (non-hydrogen) atoms. The van der Waals surface area contributed by atoms with Crippen LogP contribution in [0.4, 0.5) is 0 Å². The third-order valence-corrected chi connectivity index (χ3v) is 3.47. The number of carbonyl (C=O) groups excluding carboxylic acids is 1. The fraction of sp³-hybridized carbons (Fsp3) is 0.778. The molecule has 1 aliphatic heterocycles. The molecule has 5 heteroatoms. The molecule has 1 aliphatic carbocycles. The number of aliphatic hydroxyl groups excluding tert-OH is 1. The highest BCUT2D eigenvalue weighted by atomic mass is 32.1. The number of aliphatic hydroxyl groups is 1. The van der Waals surface area contributed by atoms with E-state index >= 15 is 0 Å². The van der Waals surface area contributed by atoms with E-state index in [4.69, 9.17) is 18.0 Å². The molecule has 1 saturated heterocycles. The zero-order chi connectivity index (χ0) is 10.3. The Hall–Kier alpha value is -0.680. The van der Waals surface area contributed by atoms with Crippen molar-refractivity contribution in [3.05, 3.63) is 0 Å². The van der Waals surface area contributed by atoms with Crippen LogP contribution in [0.3, 0.4) is 0 Å². The Morgan fingerprint density at radius 3 is 2.57 bits per heavy atom. The van der Waals surface area contributed by atoms with E-state index in [0.29, 0.717) is 24.5 Å². The van der Waals surface area contributed by atoms with E-state index < -0.39 is 5.41 Å². The predicted molar refractivity (Wildman–Crippen MR) is 55.7 cm³/mol. The van der Waals surface area contributed by atoms with Crippen LogP contribution in [-0.4, -0.2) is 40.1 Å². The van der Waals surface area contributed by atoms with E-state index in [1.807, 2.05) is 0 Å². The molecule has 0 spiro atoms. The largest absolute Gasteiger partial charge is 0.392 e. The van der Waals surface area contributed by atoms with E-state index in [-0.39, 0.29) is 12.0 Å². The van der Waals surface area contributed by atoms with Crippen molar-refractivity contribution in [3.8, 4) is 0 Å². The van der Waals surface area contributed by atoms with Gasteiger partial charge in [0.1, 0.15) is 0 Å². The van der Waals surface area contributed by atoms with Gasteiger partial charge < -0.3 is 15.7 Å². The molecule has 1 amide bonds. The summed E-state index contributed by atoms with van der Waals surface area (Å²) >= 11 is 4.90. The molecule has 2 rings (SSSR count). The number of hydrogen-bond acceptors (Lipinski definition) is 3. The molecule has 0 radical (unpaired) electrons. The zero-order valence-electron chi connectivity index (χ0n) is 7.90. The van der Waals surface area contributed by atoms with Crippen LogP contribution in [0.15, 0.2) is 0 Å². The van der Waals surface area contributed by atoms with Crippen molar-refractivity contribution in [1.29, 1.82) is 0 Å². The molecule has 0 bridgehead atoms. The molecule has 2 fully saturated rings. The Kier molecular flexibility index (Phi) is 2.23. The molecule has 1 atom stereocenters. The summed E-state index contributed by atoms with van der Waals surface area (Å²) < 4.78 is 0. The summed E-state index contributed by atoms with van der Waals surface area (Å²) in [7, 11) is 0. The molecular formula is C9H14N2O2S. The summed E-state index contributed by atoms with van der Waals surface area (Å²) in [6, 6.07) is 0. The number of likely N-dealkylation sites (tertiary alicyclic amines) is 1. The van der Waals surface area contributed by atoms with Gasteiger partial charge in [-0.15, -0.1) is 0 Å². The van der Waals surface area contributed by atoms with Crippen molar-refractivity contribution in [1.82, 2.24) is 4.90 Å². The first-order valence-corrected chi connectivity index (χ1v) is 5.24. The molecule has 1 heterocycles.